The summed E-state index contributed by atoms with van der Waals surface area (Å²) in [5.74, 6) is 0. The van der Waals surface area contributed by atoms with Gasteiger partial charge in [-0.15, -0.1) is 5.37 Å². The Morgan fingerprint density at radius 3 is 1.80 bits per heavy atom. The summed E-state index contributed by atoms with van der Waals surface area (Å²) in [6, 6.07) is 0. The lowest BCUT2D eigenvalue weighted by molar-refractivity contribution is 0.473. The molecule has 0 aliphatic heterocycles. The van der Waals surface area contributed by atoms with Crippen molar-refractivity contribution in [1.29, 1.82) is 0 Å². The molecule has 5 heavy (non-hydrogen) atoms. The highest BCUT2D eigenvalue weighted by Gasteiger charge is 1.63. The smallest absolute Gasteiger partial charge is 0.0964 e. The maximum absolute atomic E-state index is 7.73. The van der Waals surface area contributed by atoms with Crippen LogP contribution in [0.2, 0.25) is 0 Å². The first-order valence-electron chi connectivity index (χ1n) is 1.12. The average Bonchev–Trinajstić information content (AvgIpc) is 1.38. The standard InChI is InChI=1S/C2H2B2O/c3-2(4)1-5/h1,5H. The molecule has 0 aliphatic rings. The van der Waals surface area contributed by atoms with Crippen molar-refractivity contribution < 1.29 is 5.11 Å². The third-order valence-electron chi connectivity index (χ3n) is 0.149. The molecule has 22 valence electrons. The van der Waals surface area contributed by atoms with Gasteiger partial charge >= 0.3 is 0 Å². The van der Waals surface area contributed by atoms with Gasteiger partial charge in [0.15, 0.2) is 0 Å². The van der Waals surface area contributed by atoms with Gasteiger partial charge < -0.3 is 5.11 Å². The Hall–Kier alpha value is -0.330. The monoisotopic (exact) mass is 64.0 g/mol. The zero-order valence-electron chi connectivity index (χ0n) is 2.68. The van der Waals surface area contributed by atoms with Crippen LogP contribution in [0.3, 0.4) is 0 Å². The zero-order valence-corrected chi connectivity index (χ0v) is 2.68. The van der Waals surface area contributed by atoms with Gasteiger partial charge in [0, 0.05) is 0 Å². The van der Waals surface area contributed by atoms with Crippen LogP contribution in [-0.4, -0.2) is 20.8 Å². The van der Waals surface area contributed by atoms with E-state index >= 15 is 0 Å². The highest BCUT2D eigenvalue weighted by Crippen LogP contribution is 1.65. The Morgan fingerprint density at radius 1 is 1.60 bits per heavy atom. The molecule has 0 bridgehead atoms. The molecule has 1 nitrogen and oxygen atoms in total. The third kappa shape index (κ3) is 3.67. The third-order valence-corrected chi connectivity index (χ3v) is 0.149. The van der Waals surface area contributed by atoms with Crippen molar-refractivity contribution in [2.24, 2.45) is 0 Å². The van der Waals surface area contributed by atoms with Gasteiger partial charge in [-0.25, -0.2) is 0 Å². The minimum Gasteiger partial charge on any atom is -0.517 e. The molecule has 0 saturated carbocycles. The molecule has 4 radical (unpaired) electrons. The summed E-state index contributed by atoms with van der Waals surface area (Å²) < 4.78 is 0. The molecule has 0 aromatic carbocycles. The van der Waals surface area contributed by atoms with Crippen LogP contribution in [-0.2, 0) is 0 Å². The van der Waals surface area contributed by atoms with E-state index in [0.29, 0.717) is 6.26 Å². The molecule has 0 rings (SSSR count). The summed E-state index contributed by atoms with van der Waals surface area (Å²) in [7, 11) is 9.36. The first kappa shape index (κ1) is 4.67. The van der Waals surface area contributed by atoms with Crippen LogP contribution >= 0.6 is 0 Å². The summed E-state index contributed by atoms with van der Waals surface area (Å²) in [6.07, 6.45) is 0.639. The fraction of sp³-hybridized carbons (Fsp3) is 0. The van der Waals surface area contributed by atoms with Crippen molar-refractivity contribution in [3.63, 3.8) is 0 Å². The van der Waals surface area contributed by atoms with Crippen molar-refractivity contribution in [3.05, 3.63) is 11.6 Å². The summed E-state index contributed by atoms with van der Waals surface area (Å²) in [5.41, 5.74) is 0. The van der Waals surface area contributed by atoms with Crippen LogP contribution in [0.15, 0.2) is 11.6 Å². The predicted octanol–water partition coefficient (Wildman–Crippen LogP) is -0.320. The van der Waals surface area contributed by atoms with Gasteiger partial charge in [-0.05, 0) is 0 Å². The van der Waals surface area contributed by atoms with Crippen LogP contribution in [0.5, 0.6) is 0 Å². The average molecular weight is 63.7 g/mol. The Balaban J connectivity index is 3.14. The SMILES string of the molecule is [B]C([B])=CO. The second kappa shape index (κ2) is 1.94. The molecule has 0 aromatic heterocycles. The topological polar surface area (TPSA) is 20.2 Å². The zero-order chi connectivity index (χ0) is 4.28. The normalized spacial score (nSPS) is 6.40. The number of hydrogen-bond acceptors (Lipinski definition) is 1. The van der Waals surface area contributed by atoms with E-state index in [0.717, 1.165) is 0 Å². The molecule has 0 saturated heterocycles. The maximum Gasteiger partial charge on any atom is 0.0964 e. The lowest BCUT2D eigenvalue weighted by Gasteiger charge is -1.73. The van der Waals surface area contributed by atoms with Crippen molar-refractivity contribution in [1.82, 2.24) is 0 Å². The highest BCUT2D eigenvalue weighted by molar-refractivity contribution is 6.47. The molecule has 3 heteroatoms. The molecule has 0 spiro atoms. The van der Waals surface area contributed by atoms with Crippen molar-refractivity contribution in [2.45, 2.75) is 0 Å². The van der Waals surface area contributed by atoms with Crippen LogP contribution < -0.4 is 0 Å². The van der Waals surface area contributed by atoms with Gasteiger partial charge in [-0.1, -0.05) is 0 Å². The van der Waals surface area contributed by atoms with Gasteiger partial charge in [-0.3, -0.25) is 0 Å². The van der Waals surface area contributed by atoms with Crippen molar-refractivity contribution in [2.75, 3.05) is 0 Å². The molecule has 0 fully saturated rings. The van der Waals surface area contributed by atoms with Crippen LogP contribution in [0.25, 0.3) is 0 Å². The summed E-state index contributed by atoms with van der Waals surface area (Å²) >= 11 is 0. The van der Waals surface area contributed by atoms with Gasteiger partial charge in [0.05, 0.1) is 22.0 Å². The molecular formula is C2H2B2O. The maximum atomic E-state index is 7.73. The second-order valence-electron chi connectivity index (χ2n) is 0.629. The van der Waals surface area contributed by atoms with E-state index in [9.17, 15) is 0 Å². The summed E-state index contributed by atoms with van der Waals surface area (Å²) in [6.45, 7) is 0. The van der Waals surface area contributed by atoms with Crippen LogP contribution in [0, 0.1) is 0 Å². The minimum atomic E-state index is -0.0648. The largest absolute Gasteiger partial charge is 0.517 e. The minimum absolute atomic E-state index is 0.0648. The van der Waals surface area contributed by atoms with Crippen LogP contribution in [0.4, 0.5) is 0 Å². The second-order valence-corrected chi connectivity index (χ2v) is 0.629. The molecule has 0 heterocycles. The molecule has 0 aliphatic carbocycles. The molecule has 0 aromatic rings. The molecule has 1 N–H and O–H groups in total. The number of hydrogen-bond donors (Lipinski definition) is 1. The number of rotatable bonds is 0. The fourth-order valence-electron chi connectivity index (χ4n) is 0. The van der Waals surface area contributed by atoms with E-state index in [2.05, 4.69) is 15.7 Å². The quantitative estimate of drug-likeness (QED) is 0.302. The first-order valence-corrected chi connectivity index (χ1v) is 1.12. The lowest BCUT2D eigenvalue weighted by atomic mass is 9.80. The fourth-order valence-corrected chi connectivity index (χ4v) is 0. The first-order chi connectivity index (χ1) is 2.27. The number of aliphatic hydroxyl groups excluding tert-OH is 1. The molecule has 0 unspecified atom stereocenters. The number of aliphatic hydroxyl groups is 1. The van der Waals surface area contributed by atoms with E-state index in [4.69, 9.17) is 5.11 Å². The van der Waals surface area contributed by atoms with Gasteiger partial charge in [0.25, 0.3) is 0 Å². The summed E-state index contributed by atoms with van der Waals surface area (Å²) in [5, 5.41) is 7.67. The van der Waals surface area contributed by atoms with E-state index in [1.54, 1.807) is 0 Å². The Morgan fingerprint density at radius 2 is 1.80 bits per heavy atom. The van der Waals surface area contributed by atoms with E-state index < -0.39 is 0 Å². The molecular weight excluding hydrogens is 61.6 g/mol. The van der Waals surface area contributed by atoms with Gasteiger partial charge in [-0.2, -0.15) is 0 Å². The molecule has 0 amide bonds. The molecule has 0 atom stereocenters. The van der Waals surface area contributed by atoms with Gasteiger partial charge in [0.1, 0.15) is 0 Å². The highest BCUT2D eigenvalue weighted by atomic mass is 16.2. The van der Waals surface area contributed by atoms with E-state index in [1.807, 2.05) is 0 Å². The van der Waals surface area contributed by atoms with Crippen molar-refractivity contribution >= 4 is 15.7 Å². The predicted molar refractivity (Wildman–Crippen MR) is 22.2 cm³/mol. The Kier molecular flexibility index (Phi) is 1.81. The van der Waals surface area contributed by atoms with Crippen molar-refractivity contribution in [3.8, 4) is 0 Å². The van der Waals surface area contributed by atoms with E-state index in [1.165, 1.54) is 0 Å². The lowest BCUT2D eigenvalue weighted by Crippen LogP contribution is -1.74. The Labute approximate surface area is 33.5 Å². The van der Waals surface area contributed by atoms with Gasteiger partial charge in [0.2, 0.25) is 0 Å². The van der Waals surface area contributed by atoms with Crippen LogP contribution in [0.1, 0.15) is 0 Å². The van der Waals surface area contributed by atoms with E-state index in [-0.39, 0.29) is 5.37 Å². The Bertz CT molecular complexity index is 45.6. The summed E-state index contributed by atoms with van der Waals surface area (Å²) in [4.78, 5) is 0.